The highest BCUT2D eigenvalue weighted by molar-refractivity contribution is 5.94. The molecule has 106 valence electrons. The second-order valence-corrected chi connectivity index (χ2v) is 4.30. The summed E-state index contributed by atoms with van der Waals surface area (Å²) in [5.74, 6) is -1.85. The third-order valence-electron chi connectivity index (χ3n) is 2.77. The van der Waals surface area contributed by atoms with Crippen LogP contribution in [0.2, 0.25) is 0 Å². The van der Waals surface area contributed by atoms with E-state index < -0.39 is 22.3 Å². The molecule has 1 rings (SSSR count). The Morgan fingerprint density at radius 3 is 2.70 bits per heavy atom. The number of nitro benzene ring substituents is 1. The van der Waals surface area contributed by atoms with Crippen LogP contribution in [0, 0.1) is 33.2 Å². The third-order valence-corrected chi connectivity index (χ3v) is 2.77. The van der Waals surface area contributed by atoms with Crippen molar-refractivity contribution in [2.24, 2.45) is 5.92 Å². The first-order valence-corrected chi connectivity index (χ1v) is 6.03. The maximum Gasteiger partial charge on any atom is 0.304 e. The molecule has 0 spiro atoms. The van der Waals surface area contributed by atoms with Gasteiger partial charge in [0.1, 0.15) is 0 Å². The van der Waals surface area contributed by atoms with Crippen molar-refractivity contribution in [2.75, 3.05) is 13.1 Å². The Bertz CT molecular complexity index is 568. The van der Waals surface area contributed by atoms with Gasteiger partial charge in [0.15, 0.2) is 0 Å². The summed E-state index contributed by atoms with van der Waals surface area (Å²) >= 11 is 0. The first kappa shape index (κ1) is 15.6. The van der Waals surface area contributed by atoms with Crippen molar-refractivity contribution in [2.45, 2.75) is 13.8 Å². The molecule has 0 aromatic heterocycles. The summed E-state index contributed by atoms with van der Waals surface area (Å²) in [6.45, 7) is 4.00. The number of amides is 1. The van der Waals surface area contributed by atoms with E-state index in [2.05, 4.69) is 0 Å². The van der Waals surface area contributed by atoms with E-state index in [9.17, 15) is 19.3 Å². The van der Waals surface area contributed by atoms with Gasteiger partial charge in [0.25, 0.3) is 5.91 Å². The number of carbonyl (C=O) groups excluding carboxylic acids is 1. The molecule has 0 saturated carbocycles. The summed E-state index contributed by atoms with van der Waals surface area (Å²) < 4.78 is 13.5. The molecule has 0 radical (unpaired) electrons. The van der Waals surface area contributed by atoms with Gasteiger partial charge in [-0.1, -0.05) is 0 Å². The molecule has 1 aromatic rings. The third kappa shape index (κ3) is 3.51. The van der Waals surface area contributed by atoms with Gasteiger partial charge in [-0.15, -0.1) is 0 Å². The number of nitriles is 1. The normalized spacial score (nSPS) is 11.5. The highest BCUT2D eigenvalue weighted by atomic mass is 19.1. The van der Waals surface area contributed by atoms with Crippen molar-refractivity contribution in [3.05, 3.63) is 39.7 Å². The molecule has 0 N–H and O–H groups in total. The summed E-state index contributed by atoms with van der Waals surface area (Å²) in [6.07, 6.45) is 0. The lowest BCUT2D eigenvalue weighted by Gasteiger charge is -2.21. The van der Waals surface area contributed by atoms with Crippen LogP contribution in [0.5, 0.6) is 0 Å². The zero-order valence-corrected chi connectivity index (χ0v) is 11.2. The Kier molecular flexibility index (Phi) is 5.15. The standard InChI is InChI=1S/C13H14FN3O3/c1-3-16(8-9(2)7-15)13(18)10-4-5-12(17(19)20)11(14)6-10/h4-6,9H,3,8H2,1-2H3. The maximum absolute atomic E-state index is 13.5. The van der Waals surface area contributed by atoms with Gasteiger partial charge in [-0.25, -0.2) is 0 Å². The smallest absolute Gasteiger partial charge is 0.304 e. The highest BCUT2D eigenvalue weighted by Crippen LogP contribution is 2.19. The first-order chi connectivity index (χ1) is 9.40. The van der Waals surface area contributed by atoms with E-state index in [1.807, 2.05) is 6.07 Å². The van der Waals surface area contributed by atoms with Crippen molar-refractivity contribution in [3.63, 3.8) is 0 Å². The van der Waals surface area contributed by atoms with Crippen LogP contribution in [0.15, 0.2) is 18.2 Å². The molecule has 0 heterocycles. The molecule has 0 aliphatic rings. The Morgan fingerprint density at radius 2 is 2.25 bits per heavy atom. The second-order valence-electron chi connectivity index (χ2n) is 4.30. The van der Waals surface area contributed by atoms with Crippen molar-refractivity contribution in [1.29, 1.82) is 5.26 Å². The van der Waals surface area contributed by atoms with E-state index in [1.54, 1.807) is 13.8 Å². The minimum atomic E-state index is -1.05. The molecule has 0 fully saturated rings. The number of nitrogens with zero attached hydrogens (tertiary/aromatic N) is 3. The number of hydrogen-bond donors (Lipinski definition) is 0. The van der Waals surface area contributed by atoms with Crippen molar-refractivity contribution in [3.8, 4) is 6.07 Å². The molecular weight excluding hydrogens is 265 g/mol. The monoisotopic (exact) mass is 279 g/mol. The van der Waals surface area contributed by atoms with Gasteiger partial charge in [-0.2, -0.15) is 9.65 Å². The van der Waals surface area contributed by atoms with Gasteiger partial charge >= 0.3 is 5.69 Å². The van der Waals surface area contributed by atoms with Gasteiger partial charge in [0, 0.05) is 24.7 Å². The summed E-state index contributed by atoms with van der Waals surface area (Å²) in [6, 6.07) is 5.04. The van der Waals surface area contributed by atoms with Gasteiger partial charge in [-0.05, 0) is 26.0 Å². The predicted molar refractivity (Wildman–Crippen MR) is 69.4 cm³/mol. The summed E-state index contributed by atoms with van der Waals surface area (Å²) in [5.41, 5.74) is -0.643. The van der Waals surface area contributed by atoms with Crippen molar-refractivity contribution < 1.29 is 14.1 Å². The minimum absolute atomic E-state index is 0.0279. The van der Waals surface area contributed by atoms with Gasteiger partial charge < -0.3 is 4.90 Å². The van der Waals surface area contributed by atoms with E-state index in [-0.39, 0.29) is 18.0 Å². The number of rotatable bonds is 5. The number of carbonyl (C=O) groups is 1. The summed E-state index contributed by atoms with van der Waals surface area (Å²) in [5, 5.41) is 19.3. The Balaban J connectivity index is 2.99. The fourth-order valence-electron chi connectivity index (χ4n) is 1.70. The number of halogens is 1. The molecular formula is C13H14FN3O3. The lowest BCUT2D eigenvalue weighted by Crippen LogP contribution is -2.34. The number of benzene rings is 1. The summed E-state index contributed by atoms with van der Waals surface area (Å²) in [4.78, 5) is 23.2. The molecule has 1 unspecified atom stereocenters. The van der Waals surface area contributed by atoms with Crippen LogP contribution >= 0.6 is 0 Å². The molecule has 0 aliphatic carbocycles. The Hall–Kier alpha value is -2.49. The fourth-order valence-corrected chi connectivity index (χ4v) is 1.70. The lowest BCUT2D eigenvalue weighted by molar-refractivity contribution is -0.387. The largest absolute Gasteiger partial charge is 0.338 e. The van der Waals surface area contributed by atoms with Crippen LogP contribution in [0.25, 0.3) is 0 Å². The van der Waals surface area contributed by atoms with Crippen LogP contribution in [0.4, 0.5) is 10.1 Å². The topological polar surface area (TPSA) is 87.2 Å². The van der Waals surface area contributed by atoms with Gasteiger partial charge in [0.2, 0.25) is 5.82 Å². The van der Waals surface area contributed by atoms with E-state index in [0.717, 1.165) is 12.1 Å². The van der Waals surface area contributed by atoms with Gasteiger partial charge in [0.05, 0.1) is 16.9 Å². The van der Waals surface area contributed by atoms with Crippen LogP contribution in [-0.2, 0) is 0 Å². The molecule has 1 aromatic carbocycles. The molecule has 1 atom stereocenters. The van der Waals surface area contributed by atoms with Crippen molar-refractivity contribution >= 4 is 11.6 Å². The average molecular weight is 279 g/mol. The molecule has 7 heteroatoms. The predicted octanol–water partition coefficient (Wildman–Crippen LogP) is 2.36. The zero-order valence-electron chi connectivity index (χ0n) is 11.2. The molecule has 20 heavy (non-hydrogen) atoms. The number of hydrogen-bond acceptors (Lipinski definition) is 4. The van der Waals surface area contributed by atoms with Crippen LogP contribution in [-0.4, -0.2) is 28.8 Å². The van der Waals surface area contributed by atoms with Crippen molar-refractivity contribution in [1.82, 2.24) is 4.90 Å². The van der Waals surface area contributed by atoms with Crippen LogP contribution in [0.1, 0.15) is 24.2 Å². The molecule has 0 bridgehead atoms. The quantitative estimate of drug-likeness (QED) is 0.611. The maximum atomic E-state index is 13.5. The van der Waals surface area contributed by atoms with Crippen LogP contribution in [0.3, 0.4) is 0 Å². The van der Waals surface area contributed by atoms with E-state index in [4.69, 9.17) is 5.26 Å². The molecule has 0 saturated heterocycles. The van der Waals surface area contributed by atoms with E-state index in [1.165, 1.54) is 11.0 Å². The van der Waals surface area contributed by atoms with E-state index >= 15 is 0 Å². The minimum Gasteiger partial charge on any atom is -0.338 e. The Morgan fingerprint density at radius 1 is 1.60 bits per heavy atom. The highest BCUT2D eigenvalue weighted by Gasteiger charge is 2.20. The zero-order chi connectivity index (χ0) is 15.3. The first-order valence-electron chi connectivity index (χ1n) is 6.03. The SMILES string of the molecule is CCN(CC(C)C#N)C(=O)c1ccc([N+](=O)[O-])c(F)c1. The fraction of sp³-hybridized carbons (Fsp3) is 0.385. The number of nitro groups is 1. The van der Waals surface area contributed by atoms with E-state index in [0.29, 0.717) is 6.54 Å². The average Bonchev–Trinajstić information content (AvgIpc) is 2.43. The lowest BCUT2D eigenvalue weighted by atomic mass is 10.1. The second kappa shape index (κ2) is 6.61. The van der Waals surface area contributed by atoms with Crippen LogP contribution < -0.4 is 0 Å². The summed E-state index contributed by atoms with van der Waals surface area (Å²) in [7, 11) is 0. The molecule has 1 amide bonds. The Labute approximate surface area is 115 Å². The molecule has 0 aliphatic heterocycles. The van der Waals surface area contributed by atoms with Gasteiger partial charge in [-0.3, -0.25) is 14.9 Å². The molecule has 6 nitrogen and oxygen atoms in total.